The van der Waals surface area contributed by atoms with Crippen molar-refractivity contribution in [3.63, 3.8) is 0 Å². The summed E-state index contributed by atoms with van der Waals surface area (Å²) in [5, 5.41) is 8.30. The fraction of sp³-hybridized carbons (Fsp3) is 0.812. The lowest BCUT2D eigenvalue weighted by Crippen LogP contribution is -2.41. The molecule has 0 unspecified atom stereocenters. The Hall–Kier alpha value is -1.43. The van der Waals surface area contributed by atoms with Gasteiger partial charge in [-0.25, -0.2) is 0 Å². The average molecular weight is 305 g/mol. The summed E-state index contributed by atoms with van der Waals surface area (Å²) in [7, 11) is 0. The summed E-state index contributed by atoms with van der Waals surface area (Å²) in [6, 6.07) is 0.383. The molecule has 22 heavy (non-hydrogen) atoms. The van der Waals surface area contributed by atoms with E-state index in [2.05, 4.69) is 38.4 Å². The molecule has 1 aromatic heterocycles. The fourth-order valence-electron chi connectivity index (χ4n) is 3.27. The zero-order chi connectivity index (χ0) is 15.5. The number of amides is 1. The Bertz CT molecular complexity index is 508. The van der Waals surface area contributed by atoms with Crippen molar-refractivity contribution in [2.24, 2.45) is 5.92 Å². The summed E-state index contributed by atoms with van der Waals surface area (Å²) in [5.74, 6) is 1.72. The van der Waals surface area contributed by atoms with Crippen LogP contribution in [0.4, 0.5) is 0 Å². The minimum atomic E-state index is 0.315. The van der Waals surface area contributed by atoms with Crippen LogP contribution in [0.15, 0.2) is 6.33 Å². The van der Waals surface area contributed by atoms with Gasteiger partial charge >= 0.3 is 0 Å². The molecule has 2 heterocycles. The second-order valence-electron chi connectivity index (χ2n) is 6.83. The van der Waals surface area contributed by atoms with Crippen molar-refractivity contribution in [2.45, 2.75) is 52.1 Å². The molecule has 1 saturated heterocycles. The number of carbonyl (C=O) groups excluding carboxylic acids is 1. The van der Waals surface area contributed by atoms with Crippen molar-refractivity contribution < 1.29 is 4.79 Å². The highest BCUT2D eigenvalue weighted by Crippen LogP contribution is 2.28. The van der Waals surface area contributed by atoms with Gasteiger partial charge in [-0.05, 0) is 33.1 Å². The molecule has 1 aliphatic carbocycles. The van der Waals surface area contributed by atoms with Gasteiger partial charge in [0.15, 0.2) is 0 Å². The van der Waals surface area contributed by atoms with E-state index in [-0.39, 0.29) is 0 Å². The van der Waals surface area contributed by atoms with E-state index < -0.39 is 0 Å². The molecule has 0 aromatic carbocycles. The predicted molar refractivity (Wildman–Crippen MR) is 84.2 cm³/mol. The maximum atomic E-state index is 12.4. The van der Waals surface area contributed by atoms with Crippen LogP contribution >= 0.6 is 0 Å². The van der Waals surface area contributed by atoms with Gasteiger partial charge in [-0.1, -0.05) is 6.42 Å². The molecule has 1 amide bonds. The van der Waals surface area contributed by atoms with E-state index in [9.17, 15) is 4.79 Å². The van der Waals surface area contributed by atoms with Crippen LogP contribution in [0.1, 0.15) is 51.4 Å². The van der Waals surface area contributed by atoms with Gasteiger partial charge in [0.25, 0.3) is 0 Å². The molecule has 0 bridgehead atoms. The van der Waals surface area contributed by atoms with E-state index in [1.807, 2.05) is 6.33 Å². The van der Waals surface area contributed by atoms with Crippen molar-refractivity contribution >= 4 is 5.91 Å². The quantitative estimate of drug-likeness (QED) is 0.849. The molecular formula is C16H27N5O. The fourth-order valence-corrected chi connectivity index (χ4v) is 3.27. The number of aromatic nitrogens is 3. The largest absolute Gasteiger partial charge is 0.341 e. The zero-order valence-electron chi connectivity index (χ0n) is 13.7. The van der Waals surface area contributed by atoms with Gasteiger partial charge in [-0.2, -0.15) is 0 Å². The summed E-state index contributed by atoms with van der Waals surface area (Å²) >= 11 is 0. The number of hydrogen-bond acceptors (Lipinski definition) is 4. The van der Waals surface area contributed by atoms with Gasteiger partial charge in [0.05, 0.1) is 6.54 Å². The molecule has 2 fully saturated rings. The summed E-state index contributed by atoms with van der Waals surface area (Å²) in [5.41, 5.74) is 0. The van der Waals surface area contributed by atoms with Crippen LogP contribution in [0.5, 0.6) is 0 Å². The normalized spacial score (nSPS) is 21.0. The number of nitrogens with zero attached hydrogens (tertiary/aromatic N) is 5. The van der Waals surface area contributed by atoms with E-state index in [1.165, 1.54) is 6.42 Å². The highest BCUT2D eigenvalue weighted by molar-refractivity contribution is 5.79. The lowest BCUT2D eigenvalue weighted by Gasteiger charge is -2.31. The first kappa shape index (κ1) is 15.5. The monoisotopic (exact) mass is 305 g/mol. The van der Waals surface area contributed by atoms with Crippen LogP contribution in [0.25, 0.3) is 0 Å². The van der Waals surface area contributed by atoms with Crippen LogP contribution in [-0.2, 0) is 11.3 Å². The molecule has 1 aromatic rings. The Kier molecular flexibility index (Phi) is 4.76. The van der Waals surface area contributed by atoms with Gasteiger partial charge < -0.3 is 9.47 Å². The summed E-state index contributed by atoms with van der Waals surface area (Å²) in [6.45, 7) is 8.84. The van der Waals surface area contributed by atoms with Gasteiger partial charge in [-0.3, -0.25) is 9.69 Å². The molecule has 2 aliphatic rings. The lowest BCUT2D eigenvalue weighted by atomic mass is 9.84. The third-order valence-electron chi connectivity index (χ3n) is 4.92. The standard InChI is InChI=1S/C16H27N5O/c1-13(2)21-12-17-18-15(21)11-19-7-4-8-20(10-9-19)16(22)14-5-3-6-14/h12-14H,3-11H2,1-2H3. The molecule has 0 spiro atoms. The first-order valence-electron chi connectivity index (χ1n) is 8.54. The van der Waals surface area contributed by atoms with Crippen molar-refractivity contribution in [3.05, 3.63) is 12.2 Å². The summed E-state index contributed by atoms with van der Waals surface area (Å²) in [6.07, 6.45) is 6.27. The molecule has 0 radical (unpaired) electrons. The van der Waals surface area contributed by atoms with E-state index in [1.54, 1.807) is 0 Å². The zero-order valence-corrected chi connectivity index (χ0v) is 13.7. The summed E-state index contributed by atoms with van der Waals surface area (Å²) in [4.78, 5) is 16.9. The molecule has 1 saturated carbocycles. The van der Waals surface area contributed by atoms with Crippen LogP contribution < -0.4 is 0 Å². The third-order valence-corrected chi connectivity index (χ3v) is 4.92. The van der Waals surface area contributed by atoms with E-state index in [4.69, 9.17) is 0 Å². The number of carbonyl (C=O) groups is 1. The highest BCUT2D eigenvalue weighted by atomic mass is 16.2. The molecule has 0 N–H and O–H groups in total. The topological polar surface area (TPSA) is 54.3 Å². The smallest absolute Gasteiger partial charge is 0.225 e. The van der Waals surface area contributed by atoms with Crippen LogP contribution in [0.3, 0.4) is 0 Å². The van der Waals surface area contributed by atoms with E-state index >= 15 is 0 Å². The van der Waals surface area contributed by atoms with E-state index in [0.29, 0.717) is 17.9 Å². The van der Waals surface area contributed by atoms with Gasteiger partial charge in [0.2, 0.25) is 5.91 Å². The molecule has 122 valence electrons. The molecule has 6 nitrogen and oxygen atoms in total. The van der Waals surface area contributed by atoms with Gasteiger partial charge in [0.1, 0.15) is 12.2 Å². The Morgan fingerprint density at radius 3 is 2.73 bits per heavy atom. The minimum Gasteiger partial charge on any atom is -0.341 e. The SMILES string of the molecule is CC(C)n1cnnc1CN1CCCN(C(=O)C2CCC2)CC1. The maximum absolute atomic E-state index is 12.4. The van der Waals surface area contributed by atoms with Crippen molar-refractivity contribution in [3.8, 4) is 0 Å². The minimum absolute atomic E-state index is 0.315. The highest BCUT2D eigenvalue weighted by Gasteiger charge is 2.30. The maximum Gasteiger partial charge on any atom is 0.225 e. The lowest BCUT2D eigenvalue weighted by molar-refractivity contribution is -0.138. The molecule has 3 rings (SSSR count). The molecular weight excluding hydrogens is 278 g/mol. The molecule has 6 heteroatoms. The molecule has 1 aliphatic heterocycles. The first-order chi connectivity index (χ1) is 10.6. The van der Waals surface area contributed by atoms with Gasteiger partial charge in [-0.15, -0.1) is 10.2 Å². The van der Waals surface area contributed by atoms with E-state index in [0.717, 1.165) is 57.8 Å². The van der Waals surface area contributed by atoms with Crippen molar-refractivity contribution in [2.75, 3.05) is 26.2 Å². The van der Waals surface area contributed by atoms with Gasteiger partial charge in [0, 0.05) is 38.1 Å². The van der Waals surface area contributed by atoms with Crippen LogP contribution in [0, 0.1) is 5.92 Å². The Balaban J connectivity index is 1.56. The predicted octanol–water partition coefficient (Wildman–Crippen LogP) is 1.69. The Morgan fingerprint density at radius 2 is 2.05 bits per heavy atom. The second-order valence-corrected chi connectivity index (χ2v) is 6.83. The van der Waals surface area contributed by atoms with Crippen molar-refractivity contribution in [1.82, 2.24) is 24.6 Å². The molecule has 0 atom stereocenters. The van der Waals surface area contributed by atoms with Crippen LogP contribution in [0.2, 0.25) is 0 Å². The van der Waals surface area contributed by atoms with Crippen molar-refractivity contribution in [1.29, 1.82) is 0 Å². The second kappa shape index (κ2) is 6.77. The number of rotatable bonds is 4. The number of hydrogen-bond donors (Lipinski definition) is 0. The third kappa shape index (κ3) is 3.32. The first-order valence-corrected chi connectivity index (χ1v) is 8.54. The average Bonchev–Trinajstić information content (AvgIpc) is 2.75. The van der Waals surface area contributed by atoms with Crippen LogP contribution in [-0.4, -0.2) is 56.7 Å². The Labute approximate surface area is 132 Å². The Morgan fingerprint density at radius 1 is 1.23 bits per heavy atom. The summed E-state index contributed by atoms with van der Waals surface area (Å²) < 4.78 is 2.13.